The highest BCUT2D eigenvalue weighted by Gasteiger charge is 2.09. The SMILES string of the molecule is CN=C(NCCc1noc(-c2ccccn2)n1)NCc1ccc(Cl)cc1Cl. The van der Waals surface area contributed by atoms with Crippen molar-refractivity contribution in [2.24, 2.45) is 4.99 Å². The van der Waals surface area contributed by atoms with Crippen LogP contribution in [0.15, 0.2) is 52.1 Å². The Morgan fingerprint density at radius 1 is 1.19 bits per heavy atom. The molecule has 140 valence electrons. The summed E-state index contributed by atoms with van der Waals surface area (Å²) in [4.78, 5) is 12.7. The van der Waals surface area contributed by atoms with E-state index in [1.165, 1.54) is 0 Å². The van der Waals surface area contributed by atoms with Gasteiger partial charge in [-0.3, -0.25) is 9.98 Å². The van der Waals surface area contributed by atoms with Crippen molar-refractivity contribution < 1.29 is 4.52 Å². The van der Waals surface area contributed by atoms with Gasteiger partial charge in [0, 0.05) is 42.8 Å². The minimum absolute atomic E-state index is 0.408. The third-order valence-electron chi connectivity index (χ3n) is 3.68. The monoisotopic (exact) mass is 404 g/mol. The van der Waals surface area contributed by atoms with Gasteiger partial charge in [0.05, 0.1) is 0 Å². The molecule has 0 bridgehead atoms. The van der Waals surface area contributed by atoms with E-state index < -0.39 is 0 Å². The number of benzene rings is 1. The van der Waals surface area contributed by atoms with Crippen molar-refractivity contribution in [3.8, 4) is 11.6 Å². The van der Waals surface area contributed by atoms with Crippen LogP contribution >= 0.6 is 23.2 Å². The molecule has 1 aromatic carbocycles. The van der Waals surface area contributed by atoms with E-state index in [9.17, 15) is 0 Å². The molecular formula is C18H18Cl2N6O. The van der Waals surface area contributed by atoms with Gasteiger partial charge >= 0.3 is 0 Å². The molecule has 2 N–H and O–H groups in total. The Balaban J connectivity index is 1.48. The number of nitrogens with one attached hydrogen (secondary N) is 2. The van der Waals surface area contributed by atoms with Gasteiger partial charge in [0.15, 0.2) is 11.8 Å². The Kier molecular flexibility index (Phi) is 6.62. The van der Waals surface area contributed by atoms with E-state index in [0.29, 0.717) is 52.9 Å². The van der Waals surface area contributed by atoms with Gasteiger partial charge in [-0.2, -0.15) is 4.98 Å². The maximum atomic E-state index is 6.18. The molecule has 0 spiro atoms. The summed E-state index contributed by atoms with van der Waals surface area (Å²) in [5, 5.41) is 11.6. The highest BCUT2D eigenvalue weighted by atomic mass is 35.5. The van der Waals surface area contributed by atoms with Crippen LogP contribution < -0.4 is 10.6 Å². The number of hydrogen-bond donors (Lipinski definition) is 2. The second-order valence-corrected chi connectivity index (χ2v) is 6.41. The molecule has 0 amide bonds. The lowest BCUT2D eigenvalue weighted by Gasteiger charge is -2.12. The minimum Gasteiger partial charge on any atom is -0.356 e. The van der Waals surface area contributed by atoms with Crippen molar-refractivity contribution in [1.82, 2.24) is 25.8 Å². The van der Waals surface area contributed by atoms with E-state index in [-0.39, 0.29) is 0 Å². The molecule has 0 radical (unpaired) electrons. The summed E-state index contributed by atoms with van der Waals surface area (Å²) < 4.78 is 5.24. The molecule has 0 aliphatic rings. The topological polar surface area (TPSA) is 88.2 Å². The van der Waals surface area contributed by atoms with Gasteiger partial charge in [0.2, 0.25) is 0 Å². The van der Waals surface area contributed by atoms with Gasteiger partial charge in [-0.15, -0.1) is 0 Å². The van der Waals surface area contributed by atoms with Gasteiger partial charge in [0.25, 0.3) is 5.89 Å². The van der Waals surface area contributed by atoms with Crippen LogP contribution in [0.4, 0.5) is 0 Å². The summed E-state index contributed by atoms with van der Waals surface area (Å²) in [6, 6.07) is 10.9. The number of halogens is 2. The van der Waals surface area contributed by atoms with E-state index in [1.54, 1.807) is 25.4 Å². The summed E-state index contributed by atoms with van der Waals surface area (Å²) in [6.45, 7) is 1.12. The van der Waals surface area contributed by atoms with Gasteiger partial charge in [0.1, 0.15) is 5.69 Å². The fourth-order valence-corrected chi connectivity index (χ4v) is 2.78. The predicted octanol–water partition coefficient (Wildman–Crippen LogP) is 3.35. The average molecular weight is 405 g/mol. The lowest BCUT2D eigenvalue weighted by Crippen LogP contribution is -2.38. The summed E-state index contributed by atoms with van der Waals surface area (Å²) in [6.07, 6.45) is 2.27. The number of nitrogens with zero attached hydrogens (tertiary/aromatic N) is 4. The highest BCUT2D eigenvalue weighted by Crippen LogP contribution is 2.20. The van der Waals surface area contributed by atoms with Crippen LogP contribution in [0.25, 0.3) is 11.6 Å². The summed E-state index contributed by atoms with van der Waals surface area (Å²) in [5.41, 5.74) is 1.59. The van der Waals surface area contributed by atoms with E-state index in [1.807, 2.05) is 24.3 Å². The molecule has 3 rings (SSSR count). The molecule has 9 heteroatoms. The van der Waals surface area contributed by atoms with E-state index in [4.69, 9.17) is 27.7 Å². The Labute approximate surface area is 166 Å². The zero-order valence-corrected chi connectivity index (χ0v) is 16.1. The molecule has 0 aliphatic heterocycles. The molecule has 27 heavy (non-hydrogen) atoms. The molecule has 0 saturated carbocycles. The van der Waals surface area contributed by atoms with Crippen molar-refractivity contribution in [2.45, 2.75) is 13.0 Å². The molecule has 0 atom stereocenters. The minimum atomic E-state index is 0.408. The summed E-state index contributed by atoms with van der Waals surface area (Å²) in [5.74, 6) is 1.65. The van der Waals surface area contributed by atoms with E-state index in [2.05, 4.69) is 30.8 Å². The fourth-order valence-electron chi connectivity index (χ4n) is 2.31. The number of guanidine groups is 1. The van der Waals surface area contributed by atoms with Crippen LogP contribution in [-0.4, -0.2) is 34.7 Å². The van der Waals surface area contributed by atoms with Crippen LogP contribution in [0.1, 0.15) is 11.4 Å². The number of aromatic nitrogens is 3. The second-order valence-electron chi connectivity index (χ2n) is 5.57. The zero-order valence-electron chi connectivity index (χ0n) is 14.6. The Hall–Kier alpha value is -2.64. The first kappa shape index (κ1) is 19.1. The quantitative estimate of drug-likeness (QED) is 0.483. The lowest BCUT2D eigenvalue weighted by atomic mass is 10.2. The zero-order chi connectivity index (χ0) is 19.1. The first-order valence-corrected chi connectivity index (χ1v) is 9.03. The largest absolute Gasteiger partial charge is 0.356 e. The number of rotatable bonds is 6. The second kappa shape index (κ2) is 9.34. The maximum absolute atomic E-state index is 6.18. The van der Waals surface area contributed by atoms with Crippen molar-refractivity contribution in [1.29, 1.82) is 0 Å². The molecule has 2 heterocycles. The summed E-state index contributed by atoms with van der Waals surface area (Å²) in [7, 11) is 1.70. The Morgan fingerprint density at radius 3 is 2.81 bits per heavy atom. The lowest BCUT2D eigenvalue weighted by molar-refractivity contribution is 0.421. The van der Waals surface area contributed by atoms with Gasteiger partial charge < -0.3 is 15.2 Å². The smallest absolute Gasteiger partial charge is 0.276 e. The van der Waals surface area contributed by atoms with Crippen LogP contribution in [0.2, 0.25) is 10.0 Å². The molecule has 0 saturated heterocycles. The van der Waals surface area contributed by atoms with E-state index in [0.717, 1.165) is 5.56 Å². The molecular weight excluding hydrogens is 387 g/mol. The molecule has 0 aliphatic carbocycles. The normalized spacial score (nSPS) is 11.4. The highest BCUT2D eigenvalue weighted by molar-refractivity contribution is 6.35. The molecule has 3 aromatic rings. The number of hydrogen-bond acceptors (Lipinski definition) is 5. The van der Waals surface area contributed by atoms with Crippen molar-refractivity contribution in [3.63, 3.8) is 0 Å². The van der Waals surface area contributed by atoms with E-state index >= 15 is 0 Å². The first-order chi connectivity index (χ1) is 13.2. The molecule has 0 fully saturated rings. The van der Waals surface area contributed by atoms with Crippen LogP contribution in [0.3, 0.4) is 0 Å². The number of aliphatic imine (C=N–C) groups is 1. The standard InChI is InChI=1S/C18H18Cl2N6O/c1-21-18(24-11-12-5-6-13(19)10-14(12)20)23-9-7-16-25-17(27-26-16)15-4-2-3-8-22-15/h2-6,8,10H,7,9,11H2,1H3,(H2,21,23,24). The molecule has 0 unspecified atom stereocenters. The van der Waals surface area contributed by atoms with Crippen LogP contribution in [0.5, 0.6) is 0 Å². The fraction of sp³-hybridized carbons (Fsp3) is 0.222. The maximum Gasteiger partial charge on any atom is 0.276 e. The first-order valence-electron chi connectivity index (χ1n) is 8.28. The van der Waals surface area contributed by atoms with Gasteiger partial charge in [-0.1, -0.05) is 40.5 Å². The molecule has 2 aromatic heterocycles. The van der Waals surface area contributed by atoms with Crippen LogP contribution in [0, 0.1) is 0 Å². The Morgan fingerprint density at radius 2 is 2.07 bits per heavy atom. The van der Waals surface area contributed by atoms with Crippen molar-refractivity contribution in [2.75, 3.05) is 13.6 Å². The summed E-state index contributed by atoms with van der Waals surface area (Å²) >= 11 is 12.1. The van der Waals surface area contributed by atoms with Gasteiger partial charge in [-0.25, -0.2) is 0 Å². The molecule has 7 nitrogen and oxygen atoms in total. The van der Waals surface area contributed by atoms with Crippen molar-refractivity contribution in [3.05, 3.63) is 64.0 Å². The third kappa shape index (κ3) is 5.42. The Bertz CT molecular complexity index is 913. The number of pyridine rings is 1. The predicted molar refractivity (Wildman–Crippen MR) is 106 cm³/mol. The van der Waals surface area contributed by atoms with Crippen LogP contribution in [-0.2, 0) is 13.0 Å². The van der Waals surface area contributed by atoms with Gasteiger partial charge in [-0.05, 0) is 29.8 Å². The third-order valence-corrected chi connectivity index (χ3v) is 4.27. The van der Waals surface area contributed by atoms with Crippen molar-refractivity contribution >= 4 is 29.2 Å². The average Bonchev–Trinajstić information content (AvgIpc) is 3.15.